The van der Waals surface area contributed by atoms with E-state index in [-0.39, 0.29) is 25.0 Å². The van der Waals surface area contributed by atoms with Crippen LogP contribution >= 0.6 is 0 Å². The molecule has 2 aliphatic rings. The Morgan fingerprint density at radius 2 is 1.84 bits per heavy atom. The molecule has 0 aliphatic carbocycles. The summed E-state index contributed by atoms with van der Waals surface area (Å²) in [7, 11) is 3.57. The summed E-state index contributed by atoms with van der Waals surface area (Å²) in [6.45, 7) is 10.3. The Morgan fingerprint density at radius 3 is 2.51 bits per heavy atom. The molecule has 0 bridgehead atoms. The Bertz CT molecular complexity index is 1600. The quantitative estimate of drug-likeness (QED) is 0.425. The van der Waals surface area contributed by atoms with Crippen LogP contribution in [0, 0.1) is 0 Å². The molecule has 0 fully saturated rings. The van der Waals surface area contributed by atoms with Crippen molar-refractivity contribution in [2.75, 3.05) is 35.3 Å². The van der Waals surface area contributed by atoms with Gasteiger partial charge in [0.1, 0.15) is 17.2 Å². The Balaban J connectivity index is 1.50. The molecule has 3 amide bonds. The fourth-order valence-corrected chi connectivity index (χ4v) is 5.20. The molecule has 43 heavy (non-hydrogen) atoms. The molecular weight excluding hydrogens is 550 g/mol. The van der Waals surface area contributed by atoms with Crippen molar-refractivity contribution in [2.45, 2.75) is 65.8 Å². The summed E-state index contributed by atoms with van der Waals surface area (Å²) >= 11 is 0. The number of anilines is 3. The van der Waals surface area contributed by atoms with Crippen LogP contribution in [0.1, 0.15) is 61.8 Å². The summed E-state index contributed by atoms with van der Waals surface area (Å²) in [6.07, 6.45) is 2.28. The van der Waals surface area contributed by atoms with Gasteiger partial charge in [-0.3, -0.25) is 19.6 Å². The highest BCUT2D eigenvalue weighted by Gasteiger charge is 2.35. The van der Waals surface area contributed by atoms with Crippen LogP contribution in [0.4, 0.5) is 26.9 Å². The van der Waals surface area contributed by atoms with Gasteiger partial charge in [0.25, 0.3) is 5.91 Å². The first-order valence-corrected chi connectivity index (χ1v) is 14.2. The number of amides is 3. The molecular formula is C31H37N7O5. The van der Waals surface area contributed by atoms with Gasteiger partial charge in [-0.2, -0.15) is 0 Å². The van der Waals surface area contributed by atoms with E-state index in [9.17, 15) is 19.5 Å². The molecule has 5 rings (SSSR count). The summed E-state index contributed by atoms with van der Waals surface area (Å²) in [5.74, 6) is 0.872. The number of hydrogen-bond acceptors (Lipinski definition) is 8. The lowest BCUT2D eigenvalue weighted by Gasteiger charge is -2.26. The number of aromatic nitrogens is 3. The van der Waals surface area contributed by atoms with Crippen LogP contribution in [0.25, 0.3) is 11.3 Å². The predicted octanol–water partition coefficient (Wildman–Crippen LogP) is 4.95. The van der Waals surface area contributed by atoms with Crippen molar-refractivity contribution in [1.82, 2.24) is 19.9 Å². The number of rotatable bonds is 6. The maximum Gasteiger partial charge on any atom is 0.411 e. The maximum absolute atomic E-state index is 13.9. The third-order valence-electron chi connectivity index (χ3n) is 7.65. The van der Waals surface area contributed by atoms with Gasteiger partial charge in [0, 0.05) is 44.0 Å². The van der Waals surface area contributed by atoms with Crippen LogP contribution in [0.5, 0.6) is 0 Å². The number of fused-ring (bicyclic) bond motifs is 2. The van der Waals surface area contributed by atoms with Crippen molar-refractivity contribution in [1.29, 1.82) is 0 Å². The van der Waals surface area contributed by atoms with E-state index in [4.69, 9.17) is 14.7 Å². The SMILES string of the molecule is CC(C)N(C)c1cc2c(c(CN(C)C(=O)OC(C)(C)C)n1)CN(c1cccc(-c3cncc4c3CCN4C(=O)O)n1)C2=O. The van der Waals surface area contributed by atoms with Gasteiger partial charge < -0.3 is 19.6 Å². The van der Waals surface area contributed by atoms with Gasteiger partial charge in [0.2, 0.25) is 0 Å². The van der Waals surface area contributed by atoms with Gasteiger partial charge in [-0.1, -0.05) is 6.07 Å². The van der Waals surface area contributed by atoms with Gasteiger partial charge in [-0.05, 0) is 64.8 Å². The molecule has 5 heterocycles. The first kappa shape index (κ1) is 29.7. The molecule has 3 aromatic heterocycles. The fourth-order valence-electron chi connectivity index (χ4n) is 5.20. The lowest BCUT2D eigenvalue weighted by atomic mass is 10.0. The summed E-state index contributed by atoms with van der Waals surface area (Å²) < 4.78 is 5.55. The second-order valence-electron chi connectivity index (χ2n) is 12.1. The Hall–Kier alpha value is -4.74. The second-order valence-corrected chi connectivity index (χ2v) is 12.1. The zero-order chi connectivity index (χ0) is 31.2. The number of pyridine rings is 3. The summed E-state index contributed by atoms with van der Waals surface area (Å²) in [6, 6.07) is 7.36. The smallest absolute Gasteiger partial charge is 0.411 e. The van der Waals surface area contributed by atoms with Gasteiger partial charge in [-0.15, -0.1) is 0 Å². The fraction of sp³-hybridized carbons (Fsp3) is 0.419. The van der Waals surface area contributed by atoms with Crippen molar-refractivity contribution in [3.8, 4) is 11.3 Å². The highest BCUT2D eigenvalue weighted by molar-refractivity contribution is 6.10. The zero-order valence-corrected chi connectivity index (χ0v) is 25.6. The molecule has 0 aromatic carbocycles. The molecule has 226 valence electrons. The standard InChI is InChI=1S/C31H37N7O5/c1-18(2)36(7)27-13-20-22(24(34-27)17-35(6)30(42)43-31(3,4)5)16-38(28(20)39)26-10-8-9-23(33-26)21-14-32-15-25-19(21)11-12-37(25)29(40)41/h8-10,13-15,18H,11-12,16-17H2,1-7H3,(H,40,41). The highest BCUT2D eigenvalue weighted by Crippen LogP contribution is 2.37. The van der Waals surface area contributed by atoms with Crippen LogP contribution in [0.2, 0.25) is 0 Å². The number of ether oxygens (including phenoxy) is 1. The molecule has 0 unspecified atom stereocenters. The van der Waals surface area contributed by atoms with Crippen molar-refractivity contribution in [3.05, 3.63) is 59.0 Å². The first-order chi connectivity index (χ1) is 20.2. The van der Waals surface area contributed by atoms with Gasteiger partial charge in [-0.25, -0.2) is 19.6 Å². The van der Waals surface area contributed by atoms with Gasteiger partial charge in [0.05, 0.1) is 41.9 Å². The molecule has 0 atom stereocenters. The van der Waals surface area contributed by atoms with Gasteiger partial charge >= 0.3 is 12.2 Å². The van der Waals surface area contributed by atoms with Crippen molar-refractivity contribution in [2.24, 2.45) is 0 Å². The van der Waals surface area contributed by atoms with Crippen LogP contribution in [-0.2, 0) is 24.2 Å². The minimum atomic E-state index is -1.02. The largest absolute Gasteiger partial charge is 0.465 e. The minimum Gasteiger partial charge on any atom is -0.465 e. The second kappa shape index (κ2) is 11.2. The van der Waals surface area contributed by atoms with E-state index in [0.717, 1.165) is 16.7 Å². The normalized spacial score (nSPS) is 14.2. The summed E-state index contributed by atoms with van der Waals surface area (Å²) in [5.41, 5.74) is 3.94. The summed E-state index contributed by atoms with van der Waals surface area (Å²) in [5, 5.41) is 9.57. The predicted molar refractivity (Wildman–Crippen MR) is 163 cm³/mol. The van der Waals surface area contributed by atoms with Crippen LogP contribution in [-0.4, -0.2) is 75.3 Å². The van der Waals surface area contributed by atoms with Crippen molar-refractivity contribution in [3.63, 3.8) is 0 Å². The number of carboxylic acid groups (broad SMARTS) is 1. The minimum absolute atomic E-state index is 0.131. The molecule has 3 aromatic rings. The number of hydrogen-bond donors (Lipinski definition) is 1. The average Bonchev–Trinajstić information content (AvgIpc) is 3.53. The summed E-state index contributed by atoms with van der Waals surface area (Å²) in [4.78, 5) is 58.7. The zero-order valence-electron chi connectivity index (χ0n) is 25.6. The highest BCUT2D eigenvalue weighted by atomic mass is 16.6. The van der Waals surface area contributed by atoms with E-state index in [1.165, 1.54) is 9.80 Å². The Kier molecular flexibility index (Phi) is 7.72. The number of carbonyl (C=O) groups is 3. The molecule has 12 nitrogen and oxygen atoms in total. The van der Waals surface area contributed by atoms with E-state index in [0.29, 0.717) is 47.2 Å². The molecule has 0 spiro atoms. The van der Waals surface area contributed by atoms with E-state index in [2.05, 4.69) is 4.98 Å². The van der Waals surface area contributed by atoms with E-state index in [1.807, 2.05) is 58.7 Å². The van der Waals surface area contributed by atoms with Crippen LogP contribution in [0.3, 0.4) is 0 Å². The van der Waals surface area contributed by atoms with Crippen molar-refractivity contribution < 1.29 is 24.2 Å². The van der Waals surface area contributed by atoms with E-state index >= 15 is 0 Å². The van der Waals surface area contributed by atoms with E-state index in [1.54, 1.807) is 36.5 Å². The van der Waals surface area contributed by atoms with Gasteiger partial charge in [0.15, 0.2) is 0 Å². The number of nitrogens with zero attached hydrogens (tertiary/aromatic N) is 7. The topological polar surface area (TPSA) is 132 Å². The lowest BCUT2D eigenvalue weighted by molar-refractivity contribution is 0.0282. The monoisotopic (exact) mass is 587 g/mol. The van der Waals surface area contributed by atoms with Crippen LogP contribution < -0.4 is 14.7 Å². The molecule has 1 N–H and O–H groups in total. The lowest BCUT2D eigenvalue weighted by Crippen LogP contribution is -2.34. The van der Waals surface area contributed by atoms with E-state index < -0.39 is 17.8 Å². The molecule has 0 saturated heterocycles. The molecule has 0 radical (unpaired) electrons. The molecule has 12 heteroatoms. The number of carbonyl (C=O) groups excluding carboxylic acids is 2. The Morgan fingerprint density at radius 1 is 1.09 bits per heavy atom. The molecule has 2 aliphatic heterocycles. The maximum atomic E-state index is 13.9. The average molecular weight is 588 g/mol. The Labute approximate surface area is 250 Å². The first-order valence-electron chi connectivity index (χ1n) is 14.2. The third-order valence-corrected chi connectivity index (χ3v) is 7.65. The van der Waals surface area contributed by atoms with Crippen LogP contribution in [0.15, 0.2) is 36.7 Å². The third kappa shape index (κ3) is 5.81. The molecule has 0 saturated carbocycles. The van der Waals surface area contributed by atoms with Crippen molar-refractivity contribution >= 4 is 35.4 Å².